The zero-order chi connectivity index (χ0) is 13.5. The Hall–Kier alpha value is -0.980. The molecule has 0 aromatic carbocycles. The number of aromatic nitrogens is 3. The third-order valence-corrected chi connectivity index (χ3v) is 2.89. The summed E-state index contributed by atoms with van der Waals surface area (Å²) in [5.74, 6) is 0. The molecule has 18 heavy (non-hydrogen) atoms. The van der Waals surface area contributed by atoms with Gasteiger partial charge in [0.15, 0.2) is 5.69 Å². The molecule has 2 rings (SSSR count). The van der Waals surface area contributed by atoms with Crippen LogP contribution >= 0.6 is 34.8 Å². The Morgan fingerprint density at radius 3 is 2.28 bits per heavy atom. The summed E-state index contributed by atoms with van der Waals surface area (Å²) in [7, 11) is 0. The monoisotopic (exact) mass is 315 g/mol. The van der Waals surface area contributed by atoms with Crippen LogP contribution in [0.15, 0.2) is 12.3 Å². The molecule has 2 aromatic heterocycles. The van der Waals surface area contributed by atoms with Crippen molar-refractivity contribution in [1.29, 1.82) is 0 Å². The smallest absolute Gasteiger partial charge is 0.272 e. The topological polar surface area (TPSA) is 41.6 Å². The lowest BCUT2D eigenvalue weighted by Crippen LogP contribution is -2.05. The lowest BCUT2D eigenvalue weighted by molar-refractivity contribution is -0.141. The Balaban J connectivity index is 2.56. The molecule has 0 fully saturated rings. The van der Waals surface area contributed by atoms with E-state index in [0.717, 1.165) is 0 Å². The van der Waals surface area contributed by atoms with Gasteiger partial charge in [-0.15, -0.1) is 0 Å². The Labute approximate surface area is 114 Å². The van der Waals surface area contributed by atoms with Gasteiger partial charge in [-0.1, -0.05) is 34.8 Å². The number of rotatable bonds is 1. The molecule has 0 aliphatic rings. The van der Waals surface area contributed by atoms with Crippen LogP contribution in [0.4, 0.5) is 13.2 Å². The van der Waals surface area contributed by atoms with Crippen molar-refractivity contribution in [3.05, 3.63) is 33.0 Å². The fourth-order valence-corrected chi connectivity index (χ4v) is 2.01. The predicted molar refractivity (Wildman–Crippen MR) is 61.9 cm³/mol. The summed E-state index contributed by atoms with van der Waals surface area (Å²) in [5, 5.41) is 5.02. The molecule has 0 radical (unpaired) electrons. The highest BCUT2D eigenvalue weighted by molar-refractivity contribution is 6.37. The van der Waals surface area contributed by atoms with E-state index in [1.54, 1.807) is 0 Å². The highest BCUT2D eigenvalue weighted by atomic mass is 35.5. The molecule has 0 saturated carbocycles. The highest BCUT2D eigenvalue weighted by Crippen LogP contribution is 2.39. The Morgan fingerprint density at radius 2 is 1.78 bits per heavy atom. The fourth-order valence-electron chi connectivity index (χ4n) is 1.26. The maximum atomic E-state index is 12.5. The molecular formula is C9H3Cl3F3N3. The summed E-state index contributed by atoms with van der Waals surface area (Å²) >= 11 is 17.1. The van der Waals surface area contributed by atoms with Gasteiger partial charge in [-0.2, -0.15) is 18.3 Å². The maximum absolute atomic E-state index is 12.5. The largest absolute Gasteiger partial charge is 0.434 e. The van der Waals surface area contributed by atoms with Crippen molar-refractivity contribution >= 4 is 34.8 Å². The van der Waals surface area contributed by atoms with Crippen LogP contribution in [0.1, 0.15) is 5.69 Å². The molecular weight excluding hydrogens is 313 g/mol. The van der Waals surface area contributed by atoms with Crippen LogP contribution in [-0.4, -0.2) is 15.2 Å². The highest BCUT2D eigenvalue weighted by Gasteiger charge is 2.37. The van der Waals surface area contributed by atoms with Crippen molar-refractivity contribution in [2.45, 2.75) is 6.18 Å². The van der Waals surface area contributed by atoms with Crippen LogP contribution in [0, 0.1) is 0 Å². The molecule has 0 spiro atoms. The normalized spacial score (nSPS) is 11.9. The second-order valence-corrected chi connectivity index (χ2v) is 4.46. The molecule has 0 aliphatic heterocycles. The molecule has 0 bridgehead atoms. The SMILES string of the molecule is FC(F)(F)c1[nH]nc(-c2ncc(Cl)cc2Cl)c1Cl. The van der Waals surface area contributed by atoms with E-state index in [-0.39, 0.29) is 21.4 Å². The van der Waals surface area contributed by atoms with Crippen molar-refractivity contribution in [2.24, 2.45) is 0 Å². The van der Waals surface area contributed by atoms with Crippen LogP contribution < -0.4 is 0 Å². The average Bonchev–Trinajstić information content (AvgIpc) is 2.60. The van der Waals surface area contributed by atoms with Crippen molar-refractivity contribution in [3.63, 3.8) is 0 Å². The van der Waals surface area contributed by atoms with Crippen LogP contribution in [0.5, 0.6) is 0 Å². The number of hydrogen-bond acceptors (Lipinski definition) is 2. The van der Waals surface area contributed by atoms with Crippen molar-refractivity contribution < 1.29 is 13.2 Å². The molecule has 0 unspecified atom stereocenters. The van der Waals surface area contributed by atoms with Crippen LogP contribution in [0.25, 0.3) is 11.4 Å². The predicted octanol–water partition coefficient (Wildman–Crippen LogP) is 4.45. The van der Waals surface area contributed by atoms with E-state index in [1.165, 1.54) is 12.3 Å². The molecule has 3 nitrogen and oxygen atoms in total. The lowest BCUT2D eigenvalue weighted by atomic mass is 10.2. The molecule has 0 aliphatic carbocycles. The van der Waals surface area contributed by atoms with Crippen molar-refractivity contribution in [2.75, 3.05) is 0 Å². The van der Waals surface area contributed by atoms with E-state index in [0.29, 0.717) is 0 Å². The van der Waals surface area contributed by atoms with Gasteiger partial charge < -0.3 is 0 Å². The first-order valence-corrected chi connectivity index (χ1v) is 5.56. The fraction of sp³-hybridized carbons (Fsp3) is 0.111. The first-order valence-electron chi connectivity index (χ1n) is 4.43. The number of aromatic amines is 1. The van der Waals surface area contributed by atoms with E-state index in [4.69, 9.17) is 34.8 Å². The number of alkyl halides is 3. The zero-order valence-corrected chi connectivity index (χ0v) is 10.6. The summed E-state index contributed by atoms with van der Waals surface area (Å²) in [6, 6.07) is 1.34. The van der Waals surface area contributed by atoms with Crippen molar-refractivity contribution in [1.82, 2.24) is 15.2 Å². The molecule has 1 N–H and O–H groups in total. The van der Waals surface area contributed by atoms with Crippen LogP contribution in [-0.2, 0) is 6.18 Å². The van der Waals surface area contributed by atoms with Gasteiger partial charge in [0, 0.05) is 6.20 Å². The average molecular weight is 316 g/mol. The molecule has 0 amide bonds. The summed E-state index contributed by atoms with van der Waals surface area (Å²) in [6.45, 7) is 0. The summed E-state index contributed by atoms with van der Waals surface area (Å²) < 4.78 is 37.5. The number of hydrogen-bond donors (Lipinski definition) is 1. The molecule has 2 aromatic rings. The number of nitrogens with zero attached hydrogens (tertiary/aromatic N) is 2. The van der Waals surface area contributed by atoms with Gasteiger partial charge >= 0.3 is 6.18 Å². The molecule has 0 saturated heterocycles. The van der Waals surface area contributed by atoms with Gasteiger partial charge in [-0.3, -0.25) is 10.1 Å². The van der Waals surface area contributed by atoms with Gasteiger partial charge in [0.2, 0.25) is 0 Å². The molecule has 0 atom stereocenters. The third kappa shape index (κ3) is 2.41. The minimum Gasteiger partial charge on any atom is -0.272 e. The van der Waals surface area contributed by atoms with E-state index >= 15 is 0 Å². The van der Waals surface area contributed by atoms with Gasteiger partial charge in [-0.05, 0) is 6.07 Å². The van der Waals surface area contributed by atoms with Gasteiger partial charge in [-0.25, -0.2) is 0 Å². The summed E-state index contributed by atoms with van der Waals surface area (Å²) in [6.07, 6.45) is -3.39. The minimum absolute atomic E-state index is 0.0258. The summed E-state index contributed by atoms with van der Waals surface area (Å²) in [4.78, 5) is 3.81. The number of nitrogens with one attached hydrogen (secondary N) is 1. The maximum Gasteiger partial charge on any atom is 0.434 e. The minimum atomic E-state index is -4.62. The van der Waals surface area contributed by atoms with E-state index < -0.39 is 16.9 Å². The lowest BCUT2D eigenvalue weighted by Gasteiger charge is -2.03. The van der Waals surface area contributed by atoms with Crippen LogP contribution in [0.2, 0.25) is 15.1 Å². The molecule has 2 heterocycles. The van der Waals surface area contributed by atoms with Crippen molar-refractivity contribution in [3.8, 4) is 11.4 Å². The molecule has 9 heteroatoms. The number of H-pyrrole nitrogens is 1. The zero-order valence-electron chi connectivity index (χ0n) is 8.32. The first-order chi connectivity index (χ1) is 8.30. The first kappa shape index (κ1) is 13.5. The summed E-state index contributed by atoms with van der Waals surface area (Å²) in [5.41, 5.74) is -1.30. The Kier molecular flexibility index (Phi) is 3.44. The Bertz CT molecular complexity index is 594. The number of pyridine rings is 1. The third-order valence-electron chi connectivity index (χ3n) is 2.02. The second kappa shape index (κ2) is 4.60. The van der Waals surface area contributed by atoms with Crippen LogP contribution in [0.3, 0.4) is 0 Å². The Morgan fingerprint density at radius 1 is 1.11 bits per heavy atom. The molecule has 96 valence electrons. The van der Waals surface area contributed by atoms with E-state index in [2.05, 4.69) is 10.1 Å². The standard InChI is InChI=1S/C9H3Cl3F3N3/c10-3-1-4(11)6(16-2-3)7-5(12)8(18-17-7)9(13,14)15/h1-2H,(H,17,18). The van der Waals surface area contributed by atoms with Gasteiger partial charge in [0.1, 0.15) is 16.4 Å². The second-order valence-electron chi connectivity index (χ2n) is 3.24. The van der Waals surface area contributed by atoms with Gasteiger partial charge in [0.25, 0.3) is 0 Å². The number of halogens is 6. The van der Waals surface area contributed by atoms with Gasteiger partial charge in [0.05, 0.1) is 10.0 Å². The van der Waals surface area contributed by atoms with E-state index in [9.17, 15) is 13.2 Å². The quantitative estimate of drug-likeness (QED) is 0.844. The van der Waals surface area contributed by atoms with E-state index in [1.807, 2.05) is 5.10 Å².